The van der Waals surface area contributed by atoms with Crippen molar-refractivity contribution in [3.05, 3.63) is 44.7 Å². The molecule has 2 aliphatic rings. The Hall–Kier alpha value is -2.81. The molecule has 8 nitrogen and oxygen atoms in total. The number of hydrogen-bond acceptors (Lipinski definition) is 8. The summed E-state index contributed by atoms with van der Waals surface area (Å²) in [6, 6.07) is 3.25. The lowest BCUT2D eigenvalue weighted by Gasteiger charge is -2.38. The summed E-state index contributed by atoms with van der Waals surface area (Å²) in [5.41, 5.74) is 2.35. The van der Waals surface area contributed by atoms with Gasteiger partial charge in [0.05, 0.1) is 30.4 Å². The molecule has 1 aliphatic carbocycles. The van der Waals surface area contributed by atoms with E-state index in [1.54, 1.807) is 32.9 Å². The minimum absolute atomic E-state index is 0.0850. The zero-order chi connectivity index (χ0) is 24.4. The highest BCUT2D eigenvalue weighted by molar-refractivity contribution is 9.10. The van der Waals surface area contributed by atoms with E-state index in [0.29, 0.717) is 40.0 Å². The zero-order valence-corrected chi connectivity index (χ0v) is 20.9. The van der Waals surface area contributed by atoms with Gasteiger partial charge in [-0.3, -0.25) is 9.59 Å². The van der Waals surface area contributed by atoms with E-state index in [4.69, 9.17) is 14.2 Å². The molecule has 1 aliphatic heterocycles. The maximum absolute atomic E-state index is 13.7. The summed E-state index contributed by atoms with van der Waals surface area (Å²) in [6.07, 6.45) is 0.433. The van der Waals surface area contributed by atoms with Crippen LogP contribution in [0.3, 0.4) is 0 Å². The summed E-state index contributed by atoms with van der Waals surface area (Å²) in [6.45, 7) is 7.53. The minimum Gasteiger partial charge on any atom is -0.503 e. The van der Waals surface area contributed by atoms with Gasteiger partial charge < -0.3 is 24.6 Å². The van der Waals surface area contributed by atoms with Gasteiger partial charge in [-0.15, -0.1) is 0 Å². The van der Waals surface area contributed by atoms with E-state index >= 15 is 0 Å². The van der Waals surface area contributed by atoms with E-state index in [1.165, 1.54) is 7.11 Å². The second kappa shape index (κ2) is 9.99. The fourth-order valence-electron chi connectivity index (χ4n) is 4.52. The van der Waals surface area contributed by atoms with Crippen molar-refractivity contribution >= 4 is 33.7 Å². The topological polar surface area (TPSA) is 111 Å². The van der Waals surface area contributed by atoms with Crippen LogP contribution in [0.1, 0.15) is 45.6 Å². The van der Waals surface area contributed by atoms with Crippen molar-refractivity contribution in [2.45, 2.75) is 40.0 Å². The Morgan fingerprint density at radius 3 is 2.55 bits per heavy atom. The second-order valence-electron chi connectivity index (χ2n) is 8.04. The van der Waals surface area contributed by atoms with Gasteiger partial charge in [0.1, 0.15) is 5.92 Å². The Morgan fingerprint density at radius 2 is 1.94 bits per heavy atom. The quantitative estimate of drug-likeness (QED) is 0.430. The van der Waals surface area contributed by atoms with Gasteiger partial charge >= 0.3 is 11.9 Å². The predicted octanol–water partition coefficient (Wildman–Crippen LogP) is 3.73. The highest BCUT2D eigenvalue weighted by Crippen LogP contribution is 2.48. The number of dihydropyridines is 1. The Kier molecular flexibility index (Phi) is 7.51. The van der Waals surface area contributed by atoms with E-state index in [2.05, 4.69) is 21.2 Å². The van der Waals surface area contributed by atoms with Gasteiger partial charge in [0, 0.05) is 22.9 Å². The van der Waals surface area contributed by atoms with Gasteiger partial charge in [-0.2, -0.15) is 0 Å². The predicted molar refractivity (Wildman–Crippen MR) is 124 cm³/mol. The highest BCUT2D eigenvalue weighted by Gasteiger charge is 2.47. The molecular weight excluding hydrogens is 494 g/mol. The first-order valence-corrected chi connectivity index (χ1v) is 11.6. The number of carbonyl (C=O) groups is 3. The van der Waals surface area contributed by atoms with Crippen LogP contribution in [0.4, 0.5) is 0 Å². The normalized spacial score (nSPS) is 22.5. The molecule has 3 rings (SSSR count). The number of ketones is 1. The molecule has 0 radical (unpaired) electrons. The van der Waals surface area contributed by atoms with Crippen molar-refractivity contribution in [3.63, 3.8) is 0 Å². The first-order chi connectivity index (χ1) is 15.7. The highest BCUT2D eigenvalue weighted by atomic mass is 79.9. The van der Waals surface area contributed by atoms with Crippen LogP contribution < -0.4 is 10.1 Å². The number of benzene rings is 1. The van der Waals surface area contributed by atoms with Gasteiger partial charge in [-0.1, -0.05) is 6.92 Å². The van der Waals surface area contributed by atoms with Crippen LogP contribution in [-0.2, 0) is 23.9 Å². The maximum Gasteiger partial charge on any atom is 0.336 e. The standard InChI is InChI=1S/C24H28BrNO7/c1-6-32-16-10-13(9-14(25)21(16)27)19-18(24(30)33-7-2)12(4)26-15-8-11(3)17(23(29)31-5)22(28)20(15)19/h9-11,17,19,26-27H,6-8H2,1-5H3/t11-,17+,19+/m0/s1. The van der Waals surface area contributed by atoms with Crippen molar-refractivity contribution in [1.29, 1.82) is 0 Å². The third-order valence-corrected chi connectivity index (χ3v) is 6.53. The van der Waals surface area contributed by atoms with E-state index < -0.39 is 29.6 Å². The monoisotopic (exact) mass is 521 g/mol. The molecule has 33 heavy (non-hydrogen) atoms. The van der Waals surface area contributed by atoms with E-state index in [1.807, 2.05) is 6.92 Å². The summed E-state index contributed by atoms with van der Waals surface area (Å²) in [5.74, 6) is -3.52. The largest absolute Gasteiger partial charge is 0.503 e. The Bertz CT molecular complexity index is 1060. The number of allylic oxidation sites excluding steroid dienone is 3. The van der Waals surface area contributed by atoms with Crippen molar-refractivity contribution in [2.75, 3.05) is 20.3 Å². The average Bonchev–Trinajstić information content (AvgIpc) is 2.75. The molecule has 0 fully saturated rings. The van der Waals surface area contributed by atoms with E-state index in [9.17, 15) is 19.5 Å². The molecule has 1 aromatic carbocycles. The van der Waals surface area contributed by atoms with Gasteiger partial charge in [0.2, 0.25) is 0 Å². The Morgan fingerprint density at radius 1 is 1.24 bits per heavy atom. The first kappa shape index (κ1) is 24.8. The number of phenols is 1. The summed E-state index contributed by atoms with van der Waals surface area (Å²) >= 11 is 3.34. The molecule has 2 N–H and O–H groups in total. The number of Topliss-reactive ketones (excluding diaryl/α,β-unsaturated/α-hetero) is 1. The van der Waals surface area contributed by atoms with Crippen LogP contribution in [-0.4, -0.2) is 43.2 Å². The van der Waals surface area contributed by atoms with Crippen LogP contribution in [0.5, 0.6) is 11.5 Å². The molecule has 1 heterocycles. The average molecular weight is 522 g/mol. The number of phenolic OH excluding ortho intramolecular Hbond substituents is 1. The maximum atomic E-state index is 13.7. The molecule has 0 amide bonds. The third-order valence-electron chi connectivity index (χ3n) is 5.92. The van der Waals surface area contributed by atoms with Gasteiger partial charge in [0.15, 0.2) is 17.3 Å². The molecule has 1 aromatic rings. The van der Waals surface area contributed by atoms with Crippen molar-refractivity contribution in [2.24, 2.45) is 11.8 Å². The molecule has 3 atom stereocenters. The minimum atomic E-state index is -0.980. The van der Waals surface area contributed by atoms with Crippen LogP contribution in [0.25, 0.3) is 0 Å². The number of hydrogen-bond donors (Lipinski definition) is 2. The first-order valence-electron chi connectivity index (χ1n) is 10.8. The lowest BCUT2D eigenvalue weighted by atomic mass is 9.69. The zero-order valence-electron chi connectivity index (χ0n) is 19.3. The molecule has 0 saturated carbocycles. The van der Waals surface area contributed by atoms with Crippen molar-refractivity contribution < 1.29 is 33.7 Å². The molecule has 178 valence electrons. The number of carbonyl (C=O) groups excluding carboxylic acids is 3. The number of rotatable bonds is 6. The number of methoxy groups -OCH3 is 1. The van der Waals surface area contributed by atoms with Crippen molar-refractivity contribution in [1.82, 2.24) is 5.32 Å². The SMILES string of the molecule is CCOC(=O)C1=C(C)NC2=C(C(=O)[C@H](C(=O)OC)[C@@H](C)C2)[C@@H]1c1cc(Br)c(O)c(OCC)c1. The molecule has 0 bridgehead atoms. The summed E-state index contributed by atoms with van der Waals surface area (Å²) in [7, 11) is 1.25. The van der Waals surface area contributed by atoms with E-state index in [-0.39, 0.29) is 29.6 Å². The number of nitrogens with one attached hydrogen (secondary N) is 1. The number of aromatic hydroxyl groups is 1. The summed E-state index contributed by atoms with van der Waals surface area (Å²) in [5, 5.41) is 13.6. The van der Waals surface area contributed by atoms with Gasteiger partial charge in [-0.05, 0) is 66.7 Å². The number of halogens is 1. The molecule has 0 spiro atoms. The van der Waals surface area contributed by atoms with Gasteiger partial charge in [-0.25, -0.2) is 4.79 Å². The van der Waals surface area contributed by atoms with Crippen LogP contribution in [0.15, 0.2) is 39.1 Å². The second-order valence-corrected chi connectivity index (χ2v) is 8.89. The third kappa shape index (κ3) is 4.51. The molecule has 0 saturated heterocycles. The molecule has 0 aromatic heterocycles. The Labute approximate surface area is 201 Å². The molecular formula is C24H28BrNO7. The fourth-order valence-corrected chi connectivity index (χ4v) is 4.98. The van der Waals surface area contributed by atoms with Crippen molar-refractivity contribution in [3.8, 4) is 11.5 Å². The van der Waals surface area contributed by atoms with Crippen LogP contribution >= 0.6 is 15.9 Å². The number of esters is 2. The lowest BCUT2D eigenvalue weighted by Crippen LogP contribution is -2.43. The fraction of sp³-hybridized carbons (Fsp3) is 0.458. The molecule has 9 heteroatoms. The number of ether oxygens (including phenoxy) is 3. The summed E-state index contributed by atoms with van der Waals surface area (Å²) < 4.78 is 16.1. The smallest absolute Gasteiger partial charge is 0.336 e. The Balaban J connectivity index is 2.26. The van der Waals surface area contributed by atoms with E-state index in [0.717, 1.165) is 0 Å². The lowest BCUT2D eigenvalue weighted by molar-refractivity contribution is -0.151. The van der Waals surface area contributed by atoms with Gasteiger partial charge in [0.25, 0.3) is 0 Å². The van der Waals surface area contributed by atoms with Crippen LogP contribution in [0.2, 0.25) is 0 Å². The summed E-state index contributed by atoms with van der Waals surface area (Å²) in [4.78, 5) is 39.2. The molecule has 0 unspecified atom stereocenters. The van der Waals surface area contributed by atoms with Crippen LogP contribution in [0, 0.1) is 11.8 Å².